The zero-order valence-corrected chi connectivity index (χ0v) is 13.2. The Kier molecular flexibility index (Phi) is 6.84. The third kappa shape index (κ3) is 4.79. The van der Waals surface area contributed by atoms with Crippen molar-refractivity contribution < 1.29 is 0 Å². The molecule has 0 amide bonds. The molecule has 0 bridgehead atoms. The minimum atomic E-state index is -0.283. The van der Waals surface area contributed by atoms with E-state index < -0.39 is 0 Å². The van der Waals surface area contributed by atoms with Gasteiger partial charge in [-0.15, -0.1) is 0 Å². The van der Waals surface area contributed by atoms with Crippen LogP contribution in [0.5, 0.6) is 0 Å². The molecule has 0 spiro atoms. The third-order valence-corrected chi connectivity index (χ3v) is 3.89. The largest absolute Gasteiger partial charge is 0.320 e. The molecule has 0 aromatic heterocycles. The Morgan fingerprint density at radius 2 is 1.58 bits per heavy atom. The molecule has 0 radical (unpaired) electrons. The Morgan fingerprint density at radius 1 is 1.05 bits per heavy atom. The van der Waals surface area contributed by atoms with Crippen LogP contribution in [-0.4, -0.2) is 24.5 Å². The Balaban J connectivity index is 2.86. The first-order valence-corrected chi connectivity index (χ1v) is 7.70. The van der Waals surface area contributed by atoms with E-state index in [1.165, 1.54) is 18.4 Å². The predicted molar refractivity (Wildman–Crippen MR) is 84.6 cm³/mol. The molecule has 0 heterocycles. The van der Waals surface area contributed by atoms with Gasteiger partial charge in [-0.25, -0.2) is 0 Å². The van der Waals surface area contributed by atoms with Crippen LogP contribution in [0.3, 0.4) is 0 Å². The highest BCUT2D eigenvalue weighted by Crippen LogP contribution is 2.25. The maximum atomic E-state index is 6.65. The summed E-state index contributed by atoms with van der Waals surface area (Å²) in [5, 5.41) is 0.765. The van der Waals surface area contributed by atoms with Crippen molar-refractivity contribution in [3.63, 3.8) is 0 Å². The summed E-state index contributed by atoms with van der Waals surface area (Å²) in [7, 11) is 0. The first-order valence-electron chi connectivity index (χ1n) is 7.33. The van der Waals surface area contributed by atoms with Crippen molar-refractivity contribution >= 4 is 11.6 Å². The molecule has 0 aliphatic heterocycles. The van der Waals surface area contributed by atoms with Gasteiger partial charge in [-0.1, -0.05) is 44.5 Å². The quantitative estimate of drug-likeness (QED) is 0.780. The van der Waals surface area contributed by atoms with Gasteiger partial charge >= 0.3 is 0 Å². The summed E-state index contributed by atoms with van der Waals surface area (Å²) in [5.41, 5.74) is 7.54. The topological polar surface area (TPSA) is 29.3 Å². The van der Waals surface area contributed by atoms with E-state index in [0.717, 1.165) is 31.1 Å². The van der Waals surface area contributed by atoms with Gasteiger partial charge in [0.05, 0.1) is 5.54 Å². The summed E-state index contributed by atoms with van der Waals surface area (Å²) in [6.45, 7) is 9.72. The van der Waals surface area contributed by atoms with Crippen LogP contribution in [0, 0.1) is 0 Å². The van der Waals surface area contributed by atoms with E-state index in [1.807, 2.05) is 12.1 Å². The molecule has 2 nitrogen and oxygen atoms in total. The van der Waals surface area contributed by atoms with Gasteiger partial charge in [-0.2, -0.15) is 0 Å². The Labute approximate surface area is 122 Å². The Morgan fingerprint density at radius 3 is 2.00 bits per heavy atom. The van der Waals surface area contributed by atoms with E-state index in [9.17, 15) is 0 Å². The molecule has 19 heavy (non-hydrogen) atoms. The van der Waals surface area contributed by atoms with Crippen molar-refractivity contribution in [2.45, 2.75) is 45.6 Å². The number of halogens is 1. The first-order chi connectivity index (χ1) is 9.05. The summed E-state index contributed by atoms with van der Waals surface area (Å²) in [6, 6.07) is 7.97. The fourth-order valence-electron chi connectivity index (χ4n) is 2.49. The lowest BCUT2D eigenvalue weighted by molar-refractivity contribution is 0.203. The molecule has 1 aromatic rings. The fraction of sp³-hybridized carbons (Fsp3) is 0.625. The van der Waals surface area contributed by atoms with Crippen molar-refractivity contribution in [3.05, 3.63) is 34.9 Å². The van der Waals surface area contributed by atoms with Crippen LogP contribution in [-0.2, 0) is 5.54 Å². The van der Waals surface area contributed by atoms with Crippen LogP contribution in [0.15, 0.2) is 24.3 Å². The van der Waals surface area contributed by atoms with Crippen molar-refractivity contribution in [1.29, 1.82) is 0 Å². The van der Waals surface area contributed by atoms with E-state index in [1.54, 1.807) is 0 Å². The van der Waals surface area contributed by atoms with Gasteiger partial charge in [0.2, 0.25) is 0 Å². The molecule has 3 heteroatoms. The molecule has 1 rings (SSSR count). The summed E-state index contributed by atoms with van der Waals surface area (Å²) in [5.74, 6) is 0. The first kappa shape index (κ1) is 16.5. The van der Waals surface area contributed by atoms with Crippen molar-refractivity contribution in [3.8, 4) is 0 Å². The van der Waals surface area contributed by atoms with Crippen LogP contribution in [0.2, 0.25) is 5.02 Å². The van der Waals surface area contributed by atoms with Gasteiger partial charge < -0.3 is 10.6 Å². The van der Waals surface area contributed by atoms with Crippen LogP contribution in [0.1, 0.15) is 45.6 Å². The van der Waals surface area contributed by atoms with Crippen LogP contribution >= 0.6 is 11.6 Å². The highest BCUT2D eigenvalue weighted by Gasteiger charge is 2.27. The standard InChI is InChI=1S/C16H27ClN2/c1-4-11-19(12-5-2)13-16(18,6-3)14-7-9-15(17)10-8-14/h7-10H,4-6,11-13,18H2,1-3H3. The van der Waals surface area contributed by atoms with Gasteiger partial charge in [0.15, 0.2) is 0 Å². The lowest BCUT2D eigenvalue weighted by Gasteiger charge is -2.35. The molecule has 0 aliphatic carbocycles. The second-order valence-corrected chi connectivity index (χ2v) is 5.73. The molecule has 0 saturated heterocycles. The zero-order chi connectivity index (χ0) is 14.3. The second-order valence-electron chi connectivity index (χ2n) is 5.29. The van der Waals surface area contributed by atoms with Crippen molar-refractivity contribution in [2.75, 3.05) is 19.6 Å². The maximum absolute atomic E-state index is 6.65. The lowest BCUT2D eigenvalue weighted by atomic mass is 9.87. The number of nitrogens with zero attached hydrogens (tertiary/aromatic N) is 1. The molecule has 108 valence electrons. The summed E-state index contributed by atoms with van der Waals surface area (Å²) < 4.78 is 0. The van der Waals surface area contributed by atoms with Crippen molar-refractivity contribution in [1.82, 2.24) is 4.90 Å². The third-order valence-electron chi connectivity index (χ3n) is 3.64. The number of rotatable bonds is 8. The fourth-order valence-corrected chi connectivity index (χ4v) is 2.62. The molecule has 2 N–H and O–H groups in total. The Hall–Kier alpha value is -0.570. The maximum Gasteiger partial charge on any atom is 0.0535 e. The SMILES string of the molecule is CCCN(CCC)CC(N)(CC)c1ccc(Cl)cc1. The van der Waals surface area contributed by atoms with E-state index in [2.05, 4.69) is 37.8 Å². The molecule has 0 aliphatic rings. The number of hydrogen-bond acceptors (Lipinski definition) is 2. The Bertz CT molecular complexity index is 358. The van der Waals surface area contributed by atoms with Crippen molar-refractivity contribution in [2.24, 2.45) is 5.73 Å². The monoisotopic (exact) mass is 282 g/mol. The average Bonchev–Trinajstić information content (AvgIpc) is 2.40. The highest BCUT2D eigenvalue weighted by atomic mass is 35.5. The van der Waals surface area contributed by atoms with Gasteiger partial charge in [-0.05, 0) is 50.0 Å². The minimum absolute atomic E-state index is 0.283. The van der Waals surface area contributed by atoms with Crippen LogP contribution < -0.4 is 5.73 Å². The van der Waals surface area contributed by atoms with E-state index >= 15 is 0 Å². The number of benzene rings is 1. The number of nitrogens with two attached hydrogens (primary N) is 1. The second kappa shape index (κ2) is 7.88. The summed E-state index contributed by atoms with van der Waals surface area (Å²) in [4.78, 5) is 2.47. The lowest BCUT2D eigenvalue weighted by Crippen LogP contribution is -2.47. The smallest absolute Gasteiger partial charge is 0.0535 e. The molecule has 0 fully saturated rings. The average molecular weight is 283 g/mol. The van der Waals surface area contributed by atoms with Gasteiger partial charge in [0.1, 0.15) is 0 Å². The zero-order valence-electron chi connectivity index (χ0n) is 12.5. The van der Waals surface area contributed by atoms with E-state index in [-0.39, 0.29) is 5.54 Å². The van der Waals surface area contributed by atoms with Crippen LogP contribution in [0.4, 0.5) is 0 Å². The molecule has 0 saturated carbocycles. The summed E-state index contributed by atoms with van der Waals surface area (Å²) in [6.07, 6.45) is 3.26. The van der Waals surface area contributed by atoms with Gasteiger partial charge in [-0.3, -0.25) is 0 Å². The molecule has 1 atom stereocenters. The molecule has 1 aromatic carbocycles. The predicted octanol–water partition coefficient (Wildman–Crippen LogP) is 4.03. The number of hydrogen-bond donors (Lipinski definition) is 1. The minimum Gasteiger partial charge on any atom is -0.320 e. The molecular formula is C16H27ClN2. The van der Waals surface area contributed by atoms with E-state index in [0.29, 0.717) is 0 Å². The van der Waals surface area contributed by atoms with Gasteiger partial charge in [0.25, 0.3) is 0 Å². The molecule has 1 unspecified atom stereocenters. The molecular weight excluding hydrogens is 256 g/mol. The van der Waals surface area contributed by atoms with E-state index in [4.69, 9.17) is 17.3 Å². The summed E-state index contributed by atoms with van der Waals surface area (Å²) >= 11 is 5.96. The normalized spacial score (nSPS) is 14.6. The highest BCUT2D eigenvalue weighted by molar-refractivity contribution is 6.30. The van der Waals surface area contributed by atoms with Crippen LogP contribution in [0.25, 0.3) is 0 Å². The van der Waals surface area contributed by atoms with Gasteiger partial charge in [0, 0.05) is 11.6 Å².